The van der Waals surface area contributed by atoms with Gasteiger partial charge >= 0.3 is 6.03 Å². The highest BCUT2D eigenvalue weighted by atomic mass is 16.5. The molecule has 0 aliphatic carbocycles. The lowest BCUT2D eigenvalue weighted by Gasteiger charge is -2.16. The van der Waals surface area contributed by atoms with E-state index in [0.29, 0.717) is 12.3 Å². The molecule has 1 aromatic carbocycles. The van der Waals surface area contributed by atoms with Crippen LogP contribution < -0.4 is 10.6 Å². The molecule has 0 spiro atoms. The summed E-state index contributed by atoms with van der Waals surface area (Å²) in [6.07, 6.45) is 0.302. The minimum Gasteiger partial charge on any atom is -0.389 e. The van der Waals surface area contributed by atoms with Gasteiger partial charge in [-0.2, -0.15) is 0 Å². The van der Waals surface area contributed by atoms with Gasteiger partial charge in [0.2, 0.25) is 0 Å². The number of urea groups is 1. The van der Waals surface area contributed by atoms with E-state index < -0.39 is 6.10 Å². The summed E-state index contributed by atoms with van der Waals surface area (Å²) in [6.45, 7) is 4.18. The number of aliphatic hydroxyl groups is 1. The van der Waals surface area contributed by atoms with Crippen LogP contribution in [-0.2, 0) is 4.74 Å². The van der Waals surface area contributed by atoms with Crippen molar-refractivity contribution in [3.63, 3.8) is 0 Å². The van der Waals surface area contributed by atoms with Gasteiger partial charge in [-0.25, -0.2) is 4.79 Å². The number of hydrogen-bond donors (Lipinski definition) is 3. The first-order valence-electron chi connectivity index (χ1n) is 6.41. The molecule has 2 amide bonds. The molecular formula is C14H22N2O3. The molecule has 0 fully saturated rings. The quantitative estimate of drug-likeness (QED) is 0.740. The number of carbonyl (C=O) groups is 1. The highest BCUT2D eigenvalue weighted by Crippen LogP contribution is 2.15. The molecular weight excluding hydrogens is 244 g/mol. The second-order valence-electron chi connectivity index (χ2n) is 4.46. The molecule has 0 radical (unpaired) electrons. The van der Waals surface area contributed by atoms with Crippen molar-refractivity contribution in [3.8, 4) is 0 Å². The Morgan fingerprint density at radius 2 is 2.00 bits per heavy atom. The van der Waals surface area contributed by atoms with Crippen molar-refractivity contribution in [2.75, 3.05) is 19.0 Å². The van der Waals surface area contributed by atoms with Gasteiger partial charge in [-0.05, 0) is 31.0 Å². The zero-order valence-corrected chi connectivity index (χ0v) is 11.6. The summed E-state index contributed by atoms with van der Waals surface area (Å²) in [5, 5.41) is 15.0. The summed E-state index contributed by atoms with van der Waals surface area (Å²) in [5.74, 6) is 0. The summed E-state index contributed by atoms with van der Waals surface area (Å²) >= 11 is 0. The van der Waals surface area contributed by atoms with Gasteiger partial charge in [0.15, 0.2) is 0 Å². The first-order chi connectivity index (χ1) is 9.06. The number of methoxy groups -OCH3 is 1. The third-order valence-corrected chi connectivity index (χ3v) is 2.85. The van der Waals surface area contributed by atoms with Crippen LogP contribution in [0.2, 0.25) is 0 Å². The standard InChI is InChI=1S/C14H22N2O3/c1-4-12(9-19-3)15-14(18)16-13-7-5-11(6-8-13)10(2)17/h5-8,10,12,17H,4,9H2,1-3H3,(H2,15,16,18). The van der Waals surface area contributed by atoms with Gasteiger partial charge in [0.25, 0.3) is 0 Å². The highest BCUT2D eigenvalue weighted by Gasteiger charge is 2.10. The Labute approximate surface area is 114 Å². The molecule has 0 saturated heterocycles. The zero-order valence-electron chi connectivity index (χ0n) is 11.6. The van der Waals surface area contributed by atoms with Gasteiger partial charge in [0, 0.05) is 12.8 Å². The van der Waals surface area contributed by atoms with E-state index in [0.717, 1.165) is 12.0 Å². The SMILES string of the molecule is CCC(COC)NC(=O)Nc1ccc(C(C)O)cc1. The van der Waals surface area contributed by atoms with Crippen molar-refractivity contribution in [2.45, 2.75) is 32.4 Å². The fourth-order valence-electron chi connectivity index (χ4n) is 1.66. The molecule has 19 heavy (non-hydrogen) atoms. The average Bonchev–Trinajstić information content (AvgIpc) is 2.38. The summed E-state index contributed by atoms with van der Waals surface area (Å²) in [5.41, 5.74) is 1.51. The minimum absolute atomic E-state index is 0.00161. The maximum absolute atomic E-state index is 11.7. The molecule has 0 aliphatic heterocycles. The number of hydrogen-bond acceptors (Lipinski definition) is 3. The summed E-state index contributed by atoms with van der Waals surface area (Å²) in [6, 6.07) is 6.84. The molecule has 5 heteroatoms. The van der Waals surface area contributed by atoms with Crippen LogP contribution in [0.1, 0.15) is 31.9 Å². The number of anilines is 1. The fourth-order valence-corrected chi connectivity index (χ4v) is 1.66. The number of ether oxygens (including phenoxy) is 1. The van der Waals surface area contributed by atoms with Gasteiger partial charge in [-0.3, -0.25) is 0 Å². The Balaban J connectivity index is 2.52. The number of nitrogens with one attached hydrogen (secondary N) is 2. The molecule has 106 valence electrons. The molecule has 0 bridgehead atoms. The van der Waals surface area contributed by atoms with Crippen LogP contribution in [0.4, 0.5) is 10.5 Å². The lowest BCUT2D eigenvalue weighted by molar-refractivity contribution is 0.165. The monoisotopic (exact) mass is 266 g/mol. The van der Waals surface area contributed by atoms with Gasteiger partial charge in [-0.15, -0.1) is 0 Å². The molecule has 0 aliphatic rings. The number of aliphatic hydroxyl groups excluding tert-OH is 1. The second-order valence-corrected chi connectivity index (χ2v) is 4.46. The fraction of sp³-hybridized carbons (Fsp3) is 0.500. The van der Waals surface area contributed by atoms with Crippen LogP contribution in [0.15, 0.2) is 24.3 Å². The molecule has 1 aromatic rings. The largest absolute Gasteiger partial charge is 0.389 e. The molecule has 0 saturated carbocycles. The van der Waals surface area contributed by atoms with Crippen molar-refractivity contribution in [2.24, 2.45) is 0 Å². The van der Waals surface area contributed by atoms with Gasteiger partial charge in [0.1, 0.15) is 0 Å². The van der Waals surface area contributed by atoms with Gasteiger partial charge in [0.05, 0.1) is 18.8 Å². The molecule has 1 rings (SSSR count). The molecule has 3 N–H and O–H groups in total. The van der Waals surface area contributed by atoms with Crippen LogP contribution >= 0.6 is 0 Å². The summed E-state index contributed by atoms with van der Waals surface area (Å²) in [4.78, 5) is 11.7. The maximum Gasteiger partial charge on any atom is 0.319 e. The summed E-state index contributed by atoms with van der Waals surface area (Å²) in [7, 11) is 1.61. The van der Waals surface area contributed by atoms with E-state index in [-0.39, 0.29) is 12.1 Å². The number of rotatable bonds is 6. The van der Waals surface area contributed by atoms with Gasteiger partial charge < -0.3 is 20.5 Å². The third kappa shape index (κ3) is 5.28. The molecule has 5 nitrogen and oxygen atoms in total. The Morgan fingerprint density at radius 1 is 1.37 bits per heavy atom. The van der Waals surface area contributed by atoms with E-state index in [9.17, 15) is 9.90 Å². The normalized spacial score (nSPS) is 13.7. The summed E-state index contributed by atoms with van der Waals surface area (Å²) < 4.78 is 5.02. The van der Waals surface area contributed by atoms with Crippen LogP contribution in [-0.4, -0.2) is 30.9 Å². The second kappa shape index (κ2) is 7.76. The van der Waals surface area contributed by atoms with Crippen LogP contribution in [0.25, 0.3) is 0 Å². The van der Waals surface area contributed by atoms with E-state index in [1.807, 2.05) is 6.92 Å². The van der Waals surface area contributed by atoms with E-state index in [2.05, 4.69) is 10.6 Å². The molecule has 0 aromatic heterocycles. The van der Waals surface area contributed by atoms with Crippen molar-refractivity contribution >= 4 is 11.7 Å². The van der Waals surface area contributed by atoms with E-state index in [1.165, 1.54) is 0 Å². The first kappa shape index (κ1) is 15.5. The molecule has 2 unspecified atom stereocenters. The predicted octanol–water partition coefficient (Wildman–Crippen LogP) is 2.29. The number of carbonyl (C=O) groups excluding carboxylic acids is 1. The van der Waals surface area contributed by atoms with Crippen molar-refractivity contribution in [1.29, 1.82) is 0 Å². The Hall–Kier alpha value is -1.59. The van der Waals surface area contributed by atoms with E-state index in [1.54, 1.807) is 38.3 Å². The Morgan fingerprint density at radius 3 is 2.47 bits per heavy atom. The zero-order chi connectivity index (χ0) is 14.3. The first-order valence-corrected chi connectivity index (χ1v) is 6.41. The smallest absolute Gasteiger partial charge is 0.319 e. The van der Waals surface area contributed by atoms with Crippen molar-refractivity contribution in [3.05, 3.63) is 29.8 Å². The lowest BCUT2D eigenvalue weighted by Crippen LogP contribution is -2.40. The molecule has 0 heterocycles. The van der Waals surface area contributed by atoms with Crippen molar-refractivity contribution < 1.29 is 14.6 Å². The molecule has 2 atom stereocenters. The van der Waals surface area contributed by atoms with E-state index >= 15 is 0 Å². The average molecular weight is 266 g/mol. The Kier molecular flexibility index (Phi) is 6.32. The van der Waals surface area contributed by atoms with E-state index in [4.69, 9.17) is 4.74 Å². The predicted molar refractivity (Wildman–Crippen MR) is 75.2 cm³/mol. The van der Waals surface area contributed by atoms with Crippen LogP contribution in [0.3, 0.4) is 0 Å². The topological polar surface area (TPSA) is 70.6 Å². The van der Waals surface area contributed by atoms with Crippen molar-refractivity contribution in [1.82, 2.24) is 5.32 Å². The highest BCUT2D eigenvalue weighted by molar-refractivity contribution is 5.89. The number of amides is 2. The lowest BCUT2D eigenvalue weighted by atomic mass is 10.1. The number of benzene rings is 1. The maximum atomic E-state index is 11.7. The minimum atomic E-state index is -0.506. The Bertz CT molecular complexity index is 390. The van der Waals surface area contributed by atoms with Crippen LogP contribution in [0, 0.1) is 0 Å². The van der Waals surface area contributed by atoms with Crippen LogP contribution in [0.5, 0.6) is 0 Å². The van der Waals surface area contributed by atoms with Gasteiger partial charge in [-0.1, -0.05) is 19.1 Å². The third-order valence-electron chi connectivity index (χ3n) is 2.85.